The molecule has 0 unspecified atom stereocenters. The normalized spacial score (nSPS) is 10.3. The van der Waals surface area contributed by atoms with Crippen molar-refractivity contribution in [2.24, 2.45) is 0 Å². The number of thiophene rings is 1. The van der Waals surface area contributed by atoms with E-state index in [0.717, 1.165) is 16.3 Å². The van der Waals surface area contributed by atoms with Crippen LogP contribution in [0.25, 0.3) is 11.1 Å². The molecule has 0 saturated carbocycles. The number of pyridine rings is 1. The molecule has 0 amide bonds. The molecular formula is C10H8ClNS. The number of hydrogen-bond acceptors (Lipinski definition) is 2. The summed E-state index contributed by atoms with van der Waals surface area (Å²) in [7, 11) is 0. The van der Waals surface area contributed by atoms with Crippen LogP contribution in [0, 0.1) is 6.92 Å². The molecule has 13 heavy (non-hydrogen) atoms. The lowest BCUT2D eigenvalue weighted by Gasteiger charge is -2.00. The summed E-state index contributed by atoms with van der Waals surface area (Å²) in [6.07, 6.45) is 1.85. The lowest BCUT2D eigenvalue weighted by Crippen LogP contribution is -1.83. The second-order valence-electron chi connectivity index (χ2n) is 2.80. The van der Waals surface area contributed by atoms with Gasteiger partial charge in [-0.25, -0.2) is 0 Å². The minimum Gasteiger partial charge on any atom is -0.259 e. The van der Waals surface area contributed by atoms with Gasteiger partial charge in [-0.05, 0) is 35.4 Å². The quantitative estimate of drug-likeness (QED) is 0.697. The number of rotatable bonds is 1. The summed E-state index contributed by atoms with van der Waals surface area (Å²) in [5.41, 5.74) is 3.14. The summed E-state index contributed by atoms with van der Waals surface area (Å²) in [6.45, 7) is 1.90. The zero-order chi connectivity index (χ0) is 9.26. The average molecular weight is 210 g/mol. The highest BCUT2D eigenvalue weighted by Crippen LogP contribution is 2.25. The Hall–Kier alpha value is -0.860. The molecule has 2 rings (SSSR count). The Morgan fingerprint density at radius 3 is 2.85 bits per heavy atom. The highest BCUT2D eigenvalue weighted by atomic mass is 35.5. The van der Waals surface area contributed by atoms with Gasteiger partial charge < -0.3 is 0 Å². The maximum atomic E-state index is 5.97. The Labute approximate surface area is 86.0 Å². The van der Waals surface area contributed by atoms with Gasteiger partial charge in [-0.2, -0.15) is 11.3 Å². The molecule has 0 bridgehead atoms. The van der Waals surface area contributed by atoms with Crippen LogP contribution in [0.2, 0.25) is 5.02 Å². The van der Waals surface area contributed by atoms with Gasteiger partial charge in [0, 0.05) is 11.8 Å². The van der Waals surface area contributed by atoms with Gasteiger partial charge in [0.25, 0.3) is 0 Å². The van der Waals surface area contributed by atoms with Crippen LogP contribution in [0.5, 0.6) is 0 Å². The summed E-state index contributed by atoms with van der Waals surface area (Å²) < 4.78 is 0. The minimum absolute atomic E-state index is 0.726. The van der Waals surface area contributed by atoms with Crippen molar-refractivity contribution in [2.75, 3.05) is 0 Å². The predicted octanol–water partition coefficient (Wildman–Crippen LogP) is 3.77. The molecule has 0 aromatic carbocycles. The van der Waals surface area contributed by atoms with E-state index < -0.39 is 0 Å². The fourth-order valence-electron chi connectivity index (χ4n) is 1.09. The van der Waals surface area contributed by atoms with E-state index >= 15 is 0 Å². The van der Waals surface area contributed by atoms with Gasteiger partial charge in [-0.3, -0.25) is 4.98 Å². The van der Waals surface area contributed by atoms with Crippen LogP contribution in [0.15, 0.2) is 29.1 Å². The van der Waals surface area contributed by atoms with E-state index in [2.05, 4.69) is 16.4 Å². The SMILES string of the molecule is Cc1ncc(-c2ccsc2)cc1Cl. The molecule has 66 valence electrons. The second kappa shape index (κ2) is 3.48. The zero-order valence-corrected chi connectivity index (χ0v) is 8.69. The van der Waals surface area contributed by atoms with E-state index in [1.807, 2.05) is 24.6 Å². The van der Waals surface area contributed by atoms with Crippen molar-refractivity contribution in [1.82, 2.24) is 4.98 Å². The Kier molecular flexibility index (Phi) is 2.34. The number of halogens is 1. The molecule has 3 heteroatoms. The van der Waals surface area contributed by atoms with Crippen LogP contribution in [-0.2, 0) is 0 Å². The van der Waals surface area contributed by atoms with Gasteiger partial charge >= 0.3 is 0 Å². The van der Waals surface area contributed by atoms with E-state index in [1.165, 1.54) is 5.56 Å². The topological polar surface area (TPSA) is 12.9 Å². The lowest BCUT2D eigenvalue weighted by atomic mass is 10.1. The van der Waals surface area contributed by atoms with Crippen LogP contribution in [-0.4, -0.2) is 4.98 Å². The van der Waals surface area contributed by atoms with Crippen LogP contribution < -0.4 is 0 Å². The maximum Gasteiger partial charge on any atom is 0.0624 e. The highest BCUT2D eigenvalue weighted by Gasteiger charge is 2.01. The highest BCUT2D eigenvalue weighted by molar-refractivity contribution is 7.08. The molecule has 2 heterocycles. The third-order valence-corrected chi connectivity index (χ3v) is 2.95. The molecule has 2 aromatic rings. The molecule has 0 N–H and O–H groups in total. The molecule has 0 spiro atoms. The summed E-state index contributed by atoms with van der Waals surface area (Å²) >= 11 is 7.65. The summed E-state index contributed by atoms with van der Waals surface area (Å²) in [5.74, 6) is 0. The largest absolute Gasteiger partial charge is 0.259 e. The first kappa shape index (κ1) is 8.73. The van der Waals surface area contributed by atoms with Crippen LogP contribution in [0.1, 0.15) is 5.69 Å². The van der Waals surface area contributed by atoms with Gasteiger partial charge in [0.1, 0.15) is 0 Å². The Bertz CT molecular complexity index is 409. The number of aromatic nitrogens is 1. The van der Waals surface area contributed by atoms with Gasteiger partial charge in [0.15, 0.2) is 0 Å². The number of nitrogens with zero attached hydrogens (tertiary/aromatic N) is 1. The van der Waals surface area contributed by atoms with Crippen molar-refractivity contribution in [3.05, 3.63) is 39.8 Å². The third-order valence-electron chi connectivity index (χ3n) is 1.88. The predicted molar refractivity (Wildman–Crippen MR) is 57.3 cm³/mol. The van der Waals surface area contributed by atoms with E-state index in [0.29, 0.717) is 0 Å². The Morgan fingerprint density at radius 1 is 1.38 bits per heavy atom. The molecule has 0 aliphatic carbocycles. The molecular weight excluding hydrogens is 202 g/mol. The van der Waals surface area contributed by atoms with E-state index in [-0.39, 0.29) is 0 Å². The Morgan fingerprint density at radius 2 is 2.23 bits per heavy atom. The Balaban J connectivity index is 2.49. The summed E-state index contributed by atoms with van der Waals surface area (Å²) in [4.78, 5) is 4.21. The zero-order valence-electron chi connectivity index (χ0n) is 7.12. The molecule has 1 nitrogen and oxygen atoms in total. The van der Waals surface area contributed by atoms with Crippen LogP contribution in [0.3, 0.4) is 0 Å². The van der Waals surface area contributed by atoms with Gasteiger partial charge in [-0.1, -0.05) is 11.6 Å². The second-order valence-corrected chi connectivity index (χ2v) is 3.99. The third kappa shape index (κ3) is 1.74. The van der Waals surface area contributed by atoms with E-state index in [4.69, 9.17) is 11.6 Å². The van der Waals surface area contributed by atoms with Crippen LogP contribution in [0.4, 0.5) is 0 Å². The standard InChI is InChI=1S/C10H8ClNS/c1-7-10(11)4-9(5-12-7)8-2-3-13-6-8/h2-6H,1H3. The maximum absolute atomic E-state index is 5.97. The van der Waals surface area contributed by atoms with Gasteiger partial charge in [-0.15, -0.1) is 0 Å². The molecule has 0 radical (unpaired) electrons. The van der Waals surface area contributed by atoms with Crippen molar-refractivity contribution in [3.63, 3.8) is 0 Å². The number of hydrogen-bond donors (Lipinski definition) is 0. The first-order chi connectivity index (χ1) is 6.27. The minimum atomic E-state index is 0.726. The molecule has 0 aliphatic heterocycles. The fourth-order valence-corrected chi connectivity index (χ4v) is 1.92. The number of aryl methyl sites for hydroxylation is 1. The average Bonchev–Trinajstić information content (AvgIpc) is 2.62. The lowest BCUT2D eigenvalue weighted by molar-refractivity contribution is 1.20. The first-order valence-corrected chi connectivity index (χ1v) is 5.24. The van der Waals surface area contributed by atoms with Crippen molar-refractivity contribution in [1.29, 1.82) is 0 Å². The smallest absolute Gasteiger partial charge is 0.0624 e. The van der Waals surface area contributed by atoms with Crippen molar-refractivity contribution >= 4 is 22.9 Å². The molecule has 0 atom stereocenters. The van der Waals surface area contributed by atoms with E-state index in [1.54, 1.807) is 11.3 Å². The van der Waals surface area contributed by atoms with Crippen molar-refractivity contribution in [3.8, 4) is 11.1 Å². The summed E-state index contributed by atoms with van der Waals surface area (Å²) in [6, 6.07) is 4.01. The monoisotopic (exact) mass is 209 g/mol. The van der Waals surface area contributed by atoms with Gasteiger partial charge in [0.2, 0.25) is 0 Å². The van der Waals surface area contributed by atoms with E-state index in [9.17, 15) is 0 Å². The molecule has 0 saturated heterocycles. The molecule has 0 fully saturated rings. The molecule has 2 aromatic heterocycles. The fraction of sp³-hybridized carbons (Fsp3) is 0.100. The summed E-state index contributed by atoms with van der Waals surface area (Å²) in [5, 5.41) is 4.86. The molecule has 0 aliphatic rings. The first-order valence-electron chi connectivity index (χ1n) is 3.92. The van der Waals surface area contributed by atoms with Gasteiger partial charge in [0.05, 0.1) is 10.7 Å². The van der Waals surface area contributed by atoms with Crippen molar-refractivity contribution in [2.45, 2.75) is 6.92 Å². The van der Waals surface area contributed by atoms with Crippen molar-refractivity contribution < 1.29 is 0 Å². The van der Waals surface area contributed by atoms with Crippen LogP contribution >= 0.6 is 22.9 Å².